The van der Waals surface area contributed by atoms with Gasteiger partial charge in [-0.3, -0.25) is 0 Å². The molecule has 2 aromatic rings. The summed E-state index contributed by atoms with van der Waals surface area (Å²) in [7, 11) is 2.13. The highest BCUT2D eigenvalue weighted by atomic mass is 35.5. The summed E-state index contributed by atoms with van der Waals surface area (Å²) in [6, 6.07) is 12.1. The maximum Gasteiger partial charge on any atom is 0.0406 e. The van der Waals surface area contributed by atoms with Crippen molar-refractivity contribution in [3.63, 3.8) is 0 Å². The Labute approximate surface area is 123 Å². The molecule has 4 heteroatoms. The molecule has 2 nitrogen and oxygen atoms in total. The van der Waals surface area contributed by atoms with E-state index in [1.807, 2.05) is 24.3 Å². The summed E-state index contributed by atoms with van der Waals surface area (Å²) < 4.78 is 0. The first kappa shape index (κ1) is 14.5. The third kappa shape index (κ3) is 4.62. The number of rotatable bonds is 6. The lowest BCUT2D eigenvalue weighted by atomic mass is 10.0. The third-order valence-corrected chi connectivity index (χ3v) is 4.24. The molecule has 0 aliphatic rings. The zero-order valence-corrected chi connectivity index (χ0v) is 12.6. The summed E-state index contributed by atoms with van der Waals surface area (Å²) in [6.45, 7) is 1.98. The number of hydrogen-bond donors (Lipinski definition) is 1. The maximum absolute atomic E-state index is 6.20. The number of thiophene rings is 1. The van der Waals surface area contributed by atoms with Crippen LogP contribution in [0.1, 0.15) is 22.9 Å². The molecular weight excluding hydrogens is 276 g/mol. The Morgan fingerprint density at radius 1 is 1.26 bits per heavy atom. The van der Waals surface area contributed by atoms with Gasteiger partial charge >= 0.3 is 0 Å². The Morgan fingerprint density at radius 3 is 2.63 bits per heavy atom. The van der Waals surface area contributed by atoms with Gasteiger partial charge in [-0.25, -0.2) is 0 Å². The molecule has 0 bridgehead atoms. The molecule has 0 aliphatic carbocycles. The Hall–Kier alpha value is -0.870. The monoisotopic (exact) mass is 294 g/mol. The fourth-order valence-corrected chi connectivity index (χ4v) is 2.89. The number of nitrogens with two attached hydrogens (primary N) is 1. The quantitative estimate of drug-likeness (QED) is 0.875. The molecule has 0 saturated carbocycles. The molecule has 0 saturated heterocycles. The highest BCUT2D eigenvalue weighted by Crippen LogP contribution is 2.18. The maximum atomic E-state index is 6.20. The van der Waals surface area contributed by atoms with Crippen molar-refractivity contribution in [2.24, 2.45) is 5.73 Å². The van der Waals surface area contributed by atoms with Crippen molar-refractivity contribution in [1.82, 2.24) is 4.90 Å². The van der Waals surface area contributed by atoms with E-state index >= 15 is 0 Å². The molecule has 1 atom stereocenters. The second-order valence-electron chi connectivity index (χ2n) is 4.76. The van der Waals surface area contributed by atoms with Gasteiger partial charge < -0.3 is 10.6 Å². The molecule has 1 aromatic heterocycles. The number of nitrogens with zero attached hydrogens (tertiary/aromatic N) is 1. The molecule has 2 N–H and O–H groups in total. The highest BCUT2D eigenvalue weighted by Gasteiger charge is 2.08. The second kappa shape index (κ2) is 7.06. The van der Waals surface area contributed by atoms with Gasteiger partial charge in [0.2, 0.25) is 0 Å². The van der Waals surface area contributed by atoms with Gasteiger partial charge in [0.15, 0.2) is 0 Å². The summed E-state index contributed by atoms with van der Waals surface area (Å²) in [4.78, 5) is 3.70. The minimum absolute atomic E-state index is 0.0723. The summed E-state index contributed by atoms with van der Waals surface area (Å²) >= 11 is 7.67. The summed E-state index contributed by atoms with van der Waals surface area (Å²) in [5, 5.41) is 2.87. The van der Waals surface area contributed by atoms with E-state index in [0.717, 1.165) is 30.1 Å². The molecule has 0 radical (unpaired) electrons. The van der Waals surface area contributed by atoms with E-state index < -0.39 is 0 Å². The molecule has 0 fully saturated rings. The van der Waals surface area contributed by atoms with Gasteiger partial charge in [-0.15, -0.1) is 11.3 Å². The van der Waals surface area contributed by atoms with E-state index in [2.05, 4.69) is 29.5 Å². The number of hydrogen-bond acceptors (Lipinski definition) is 3. The Balaban J connectivity index is 1.79. The van der Waals surface area contributed by atoms with Crippen LogP contribution < -0.4 is 5.73 Å². The molecule has 1 unspecified atom stereocenters. The molecule has 1 heterocycles. The predicted molar refractivity (Wildman–Crippen MR) is 83.7 cm³/mol. The van der Waals surface area contributed by atoms with Gasteiger partial charge in [0, 0.05) is 29.0 Å². The van der Waals surface area contributed by atoms with E-state index in [0.29, 0.717) is 0 Å². The summed E-state index contributed by atoms with van der Waals surface area (Å²) in [6.07, 6.45) is 0.948. The van der Waals surface area contributed by atoms with Crippen molar-refractivity contribution < 1.29 is 0 Å². The first-order chi connectivity index (χ1) is 9.15. The van der Waals surface area contributed by atoms with Crippen molar-refractivity contribution in [1.29, 1.82) is 0 Å². The van der Waals surface area contributed by atoms with Crippen LogP contribution in [0.3, 0.4) is 0 Å². The minimum Gasteiger partial charge on any atom is -0.324 e. The van der Waals surface area contributed by atoms with Crippen molar-refractivity contribution in [3.8, 4) is 0 Å². The average molecular weight is 295 g/mol. The first-order valence-corrected chi connectivity index (χ1v) is 7.63. The standard InChI is InChI=1S/C15H19ClN2S/c1-18(11-14-3-2-10-19-14)9-8-15(17)12-4-6-13(16)7-5-12/h2-7,10,15H,8-9,11,17H2,1H3. The van der Waals surface area contributed by atoms with E-state index in [4.69, 9.17) is 17.3 Å². The van der Waals surface area contributed by atoms with Gasteiger partial charge in [-0.05, 0) is 42.6 Å². The third-order valence-electron chi connectivity index (χ3n) is 3.13. The van der Waals surface area contributed by atoms with Crippen LogP contribution in [0.4, 0.5) is 0 Å². The fraction of sp³-hybridized carbons (Fsp3) is 0.333. The summed E-state index contributed by atoms with van der Waals surface area (Å²) in [5.41, 5.74) is 7.35. The number of benzene rings is 1. The molecule has 0 aliphatic heterocycles. The van der Waals surface area contributed by atoms with Crippen LogP contribution >= 0.6 is 22.9 Å². The average Bonchev–Trinajstić information content (AvgIpc) is 2.89. The van der Waals surface area contributed by atoms with Crippen LogP contribution in [-0.4, -0.2) is 18.5 Å². The van der Waals surface area contributed by atoms with E-state index in [9.17, 15) is 0 Å². The van der Waals surface area contributed by atoms with Crippen molar-refractivity contribution >= 4 is 22.9 Å². The van der Waals surface area contributed by atoms with E-state index in [1.54, 1.807) is 11.3 Å². The minimum atomic E-state index is 0.0723. The van der Waals surface area contributed by atoms with Crippen LogP contribution in [0.15, 0.2) is 41.8 Å². The Morgan fingerprint density at radius 2 is 2.00 bits per heavy atom. The zero-order valence-electron chi connectivity index (χ0n) is 11.1. The molecule has 1 aromatic carbocycles. The van der Waals surface area contributed by atoms with Gasteiger partial charge in [0.25, 0.3) is 0 Å². The van der Waals surface area contributed by atoms with Crippen LogP contribution in [0, 0.1) is 0 Å². The van der Waals surface area contributed by atoms with Crippen molar-refractivity contribution in [3.05, 3.63) is 57.2 Å². The van der Waals surface area contributed by atoms with Crippen LogP contribution in [0.25, 0.3) is 0 Å². The van der Waals surface area contributed by atoms with Crippen LogP contribution in [0.2, 0.25) is 5.02 Å². The van der Waals surface area contributed by atoms with Gasteiger partial charge in [0.05, 0.1) is 0 Å². The lowest BCUT2D eigenvalue weighted by Crippen LogP contribution is -2.23. The smallest absolute Gasteiger partial charge is 0.0406 e. The molecule has 19 heavy (non-hydrogen) atoms. The van der Waals surface area contributed by atoms with E-state index in [1.165, 1.54) is 4.88 Å². The van der Waals surface area contributed by atoms with Crippen LogP contribution in [0.5, 0.6) is 0 Å². The van der Waals surface area contributed by atoms with Crippen LogP contribution in [-0.2, 0) is 6.54 Å². The molecule has 102 valence electrons. The van der Waals surface area contributed by atoms with Gasteiger partial charge in [-0.2, -0.15) is 0 Å². The summed E-state index contributed by atoms with van der Waals surface area (Å²) in [5.74, 6) is 0. The topological polar surface area (TPSA) is 29.3 Å². The van der Waals surface area contributed by atoms with Crippen molar-refractivity contribution in [2.75, 3.05) is 13.6 Å². The molecular formula is C15H19ClN2S. The molecule has 0 amide bonds. The fourth-order valence-electron chi connectivity index (χ4n) is 1.98. The zero-order chi connectivity index (χ0) is 13.7. The molecule has 2 rings (SSSR count). The predicted octanol–water partition coefficient (Wildman–Crippen LogP) is 3.92. The Kier molecular flexibility index (Phi) is 5.40. The first-order valence-electron chi connectivity index (χ1n) is 6.37. The largest absolute Gasteiger partial charge is 0.324 e. The SMILES string of the molecule is CN(CCC(N)c1ccc(Cl)cc1)Cc1cccs1. The second-order valence-corrected chi connectivity index (χ2v) is 6.23. The Bertz CT molecular complexity index is 481. The number of halogens is 1. The van der Waals surface area contributed by atoms with Crippen molar-refractivity contribution in [2.45, 2.75) is 19.0 Å². The highest BCUT2D eigenvalue weighted by molar-refractivity contribution is 7.09. The lowest BCUT2D eigenvalue weighted by Gasteiger charge is -2.19. The van der Waals surface area contributed by atoms with Gasteiger partial charge in [0.1, 0.15) is 0 Å². The normalized spacial score (nSPS) is 12.8. The lowest BCUT2D eigenvalue weighted by molar-refractivity contribution is 0.314. The van der Waals surface area contributed by atoms with Gasteiger partial charge in [-0.1, -0.05) is 29.8 Å². The molecule has 0 spiro atoms. The van der Waals surface area contributed by atoms with E-state index in [-0.39, 0.29) is 6.04 Å².